The Hall–Kier alpha value is -2.34. The fourth-order valence-electron chi connectivity index (χ4n) is 2.19. The van der Waals surface area contributed by atoms with Crippen LogP contribution >= 0.6 is 11.8 Å². The van der Waals surface area contributed by atoms with Crippen LogP contribution in [0, 0.1) is 5.82 Å². The predicted octanol–water partition coefficient (Wildman–Crippen LogP) is 4.51. The van der Waals surface area contributed by atoms with Gasteiger partial charge in [0.15, 0.2) is 6.10 Å². The molecule has 0 spiro atoms. The van der Waals surface area contributed by atoms with Gasteiger partial charge in [-0.1, -0.05) is 26.0 Å². The molecule has 6 heteroatoms. The molecule has 4 nitrogen and oxygen atoms in total. The molecule has 0 radical (unpaired) electrons. The van der Waals surface area contributed by atoms with E-state index in [0.29, 0.717) is 17.7 Å². The summed E-state index contributed by atoms with van der Waals surface area (Å²) < 4.78 is 18.3. The van der Waals surface area contributed by atoms with Crippen molar-refractivity contribution >= 4 is 29.3 Å². The highest BCUT2D eigenvalue weighted by Gasteiger charge is 2.23. The summed E-state index contributed by atoms with van der Waals surface area (Å²) in [5, 5.41) is 2.63. The highest BCUT2D eigenvalue weighted by molar-refractivity contribution is 7.99. The minimum Gasteiger partial charge on any atom is -0.449 e. The molecule has 0 aliphatic rings. The predicted molar refractivity (Wildman–Crippen MR) is 97.4 cm³/mol. The van der Waals surface area contributed by atoms with Crippen LogP contribution in [0.15, 0.2) is 53.4 Å². The lowest BCUT2D eigenvalue weighted by Crippen LogP contribution is -2.32. The number of halogens is 1. The first-order valence-electron chi connectivity index (χ1n) is 8.04. The van der Waals surface area contributed by atoms with E-state index in [1.807, 2.05) is 19.1 Å². The number of amides is 1. The van der Waals surface area contributed by atoms with Crippen LogP contribution in [0.2, 0.25) is 0 Å². The lowest BCUT2D eigenvalue weighted by atomic mass is 10.2. The zero-order chi connectivity index (χ0) is 18.2. The molecule has 1 atom stereocenters. The van der Waals surface area contributed by atoms with E-state index in [4.69, 9.17) is 4.74 Å². The first kappa shape index (κ1) is 19.0. The standard InChI is InChI=1S/C19H20FNO3S/c1-3-16(18(22)21-14-11-9-13(20)10-12-14)24-19(23)15-7-5-6-8-17(15)25-4-2/h5-12,16H,3-4H2,1-2H3,(H,21,22). The molecule has 0 heterocycles. The van der Waals surface area contributed by atoms with Gasteiger partial charge in [-0.25, -0.2) is 9.18 Å². The van der Waals surface area contributed by atoms with Gasteiger partial charge in [0, 0.05) is 10.6 Å². The number of carbonyl (C=O) groups excluding carboxylic acids is 2. The van der Waals surface area contributed by atoms with Crippen molar-refractivity contribution in [2.75, 3.05) is 11.1 Å². The summed E-state index contributed by atoms with van der Waals surface area (Å²) >= 11 is 1.54. The van der Waals surface area contributed by atoms with E-state index >= 15 is 0 Å². The molecule has 0 saturated carbocycles. The molecule has 0 aromatic heterocycles. The third kappa shape index (κ3) is 5.32. The summed E-state index contributed by atoms with van der Waals surface area (Å²) in [7, 11) is 0. The summed E-state index contributed by atoms with van der Waals surface area (Å²) in [6.45, 7) is 3.76. The number of hydrogen-bond acceptors (Lipinski definition) is 4. The highest BCUT2D eigenvalue weighted by Crippen LogP contribution is 2.23. The van der Waals surface area contributed by atoms with Gasteiger partial charge in [0.05, 0.1) is 5.56 Å². The van der Waals surface area contributed by atoms with Crippen LogP contribution in [0.25, 0.3) is 0 Å². The molecule has 1 N–H and O–H groups in total. The summed E-state index contributed by atoms with van der Waals surface area (Å²) in [5.41, 5.74) is 0.894. The van der Waals surface area contributed by atoms with E-state index in [1.165, 1.54) is 24.3 Å². The number of benzene rings is 2. The summed E-state index contributed by atoms with van der Waals surface area (Å²) in [4.78, 5) is 25.6. The second-order valence-corrected chi connectivity index (χ2v) is 6.53. The fourth-order valence-corrected chi connectivity index (χ4v) is 2.98. The second-order valence-electron chi connectivity index (χ2n) is 5.23. The van der Waals surface area contributed by atoms with Gasteiger partial charge in [0.2, 0.25) is 0 Å². The average Bonchev–Trinajstić information content (AvgIpc) is 2.62. The van der Waals surface area contributed by atoms with Crippen molar-refractivity contribution < 1.29 is 18.7 Å². The molecule has 25 heavy (non-hydrogen) atoms. The number of hydrogen-bond donors (Lipinski definition) is 1. The molecule has 0 saturated heterocycles. The Labute approximate surface area is 150 Å². The third-order valence-electron chi connectivity index (χ3n) is 3.43. The number of carbonyl (C=O) groups is 2. The van der Waals surface area contributed by atoms with E-state index in [9.17, 15) is 14.0 Å². The number of ether oxygens (including phenoxy) is 1. The molecule has 1 amide bonds. The Morgan fingerprint density at radius 3 is 2.44 bits per heavy atom. The molecule has 1 unspecified atom stereocenters. The summed E-state index contributed by atoms with van der Waals surface area (Å²) in [6, 6.07) is 12.6. The SMILES string of the molecule is CCSc1ccccc1C(=O)OC(CC)C(=O)Nc1ccc(F)cc1. The smallest absolute Gasteiger partial charge is 0.340 e. The normalized spacial score (nSPS) is 11.6. The largest absolute Gasteiger partial charge is 0.449 e. The average molecular weight is 361 g/mol. The maximum Gasteiger partial charge on any atom is 0.340 e. The van der Waals surface area contributed by atoms with Crippen molar-refractivity contribution in [1.82, 2.24) is 0 Å². The molecular formula is C19H20FNO3S. The van der Waals surface area contributed by atoms with Gasteiger partial charge >= 0.3 is 5.97 Å². The van der Waals surface area contributed by atoms with Crippen LogP contribution < -0.4 is 5.32 Å². The number of rotatable bonds is 7. The summed E-state index contributed by atoms with van der Waals surface area (Å²) in [5.74, 6) is -0.533. The van der Waals surface area contributed by atoms with Gasteiger partial charge in [-0.05, 0) is 48.6 Å². The molecule has 0 fully saturated rings. The number of anilines is 1. The van der Waals surface area contributed by atoms with Crippen molar-refractivity contribution in [2.24, 2.45) is 0 Å². The van der Waals surface area contributed by atoms with Gasteiger partial charge in [-0.2, -0.15) is 0 Å². The highest BCUT2D eigenvalue weighted by atomic mass is 32.2. The van der Waals surface area contributed by atoms with Gasteiger partial charge < -0.3 is 10.1 Å². The van der Waals surface area contributed by atoms with Crippen LogP contribution in [0.3, 0.4) is 0 Å². The first-order chi connectivity index (χ1) is 12.0. The molecule has 2 rings (SSSR count). The van der Waals surface area contributed by atoms with E-state index in [0.717, 1.165) is 10.6 Å². The Balaban J connectivity index is 2.06. The lowest BCUT2D eigenvalue weighted by Gasteiger charge is -2.17. The summed E-state index contributed by atoms with van der Waals surface area (Å²) in [6.07, 6.45) is -0.584. The zero-order valence-corrected chi connectivity index (χ0v) is 14.9. The molecule has 0 aliphatic carbocycles. The Morgan fingerprint density at radius 2 is 1.80 bits per heavy atom. The van der Waals surface area contributed by atoms with E-state index in [2.05, 4.69) is 5.32 Å². The zero-order valence-electron chi connectivity index (χ0n) is 14.1. The topological polar surface area (TPSA) is 55.4 Å². The maximum atomic E-state index is 12.9. The monoisotopic (exact) mass is 361 g/mol. The van der Waals surface area contributed by atoms with Gasteiger partial charge in [-0.15, -0.1) is 11.8 Å². The van der Waals surface area contributed by atoms with Gasteiger partial charge in [-0.3, -0.25) is 4.79 Å². The van der Waals surface area contributed by atoms with Crippen LogP contribution in [-0.4, -0.2) is 23.7 Å². The molecule has 0 aliphatic heterocycles. The van der Waals surface area contributed by atoms with Gasteiger partial charge in [0.25, 0.3) is 5.91 Å². The Morgan fingerprint density at radius 1 is 1.12 bits per heavy atom. The molecule has 0 bridgehead atoms. The number of nitrogens with one attached hydrogen (secondary N) is 1. The van der Waals surface area contributed by atoms with Crippen molar-refractivity contribution in [3.63, 3.8) is 0 Å². The first-order valence-corrected chi connectivity index (χ1v) is 9.03. The van der Waals surface area contributed by atoms with Crippen molar-refractivity contribution in [1.29, 1.82) is 0 Å². The quantitative estimate of drug-likeness (QED) is 0.582. The number of thioether (sulfide) groups is 1. The van der Waals surface area contributed by atoms with E-state index in [1.54, 1.807) is 30.8 Å². The van der Waals surface area contributed by atoms with Crippen molar-refractivity contribution in [3.05, 3.63) is 59.9 Å². The molecular weight excluding hydrogens is 341 g/mol. The van der Waals surface area contributed by atoms with Crippen LogP contribution in [0.5, 0.6) is 0 Å². The number of esters is 1. The van der Waals surface area contributed by atoms with Gasteiger partial charge in [0.1, 0.15) is 5.82 Å². The van der Waals surface area contributed by atoms with Crippen molar-refractivity contribution in [2.45, 2.75) is 31.3 Å². The molecule has 2 aromatic rings. The fraction of sp³-hybridized carbons (Fsp3) is 0.263. The van der Waals surface area contributed by atoms with Crippen molar-refractivity contribution in [3.8, 4) is 0 Å². The third-order valence-corrected chi connectivity index (χ3v) is 4.39. The molecule has 132 valence electrons. The minimum absolute atomic E-state index is 0.335. The van der Waals surface area contributed by atoms with Crippen LogP contribution in [-0.2, 0) is 9.53 Å². The minimum atomic E-state index is -0.919. The van der Waals surface area contributed by atoms with Crippen LogP contribution in [0.4, 0.5) is 10.1 Å². The van der Waals surface area contributed by atoms with E-state index in [-0.39, 0.29) is 5.82 Å². The molecule has 2 aromatic carbocycles. The van der Waals surface area contributed by atoms with E-state index < -0.39 is 18.0 Å². The van der Waals surface area contributed by atoms with Crippen LogP contribution in [0.1, 0.15) is 30.6 Å². The second kappa shape index (κ2) is 9.22. The Bertz CT molecular complexity index is 734. The lowest BCUT2D eigenvalue weighted by molar-refractivity contribution is -0.124. The Kier molecular flexibility index (Phi) is 7.01. The maximum absolute atomic E-state index is 12.9.